The molecule has 3 nitrogen and oxygen atoms in total. The zero-order valence-corrected chi connectivity index (χ0v) is 12.9. The standard InChI is InChI=1S/C16H24N2O.ClH/c1-13(11-17)15(19)18-12-16(8-5-9-16)10-14-6-3-2-4-7-14;/h2-4,6-7,13H,5,8-12,17H2,1H3,(H,18,19);1H. The van der Waals surface area contributed by atoms with Gasteiger partial charge in [0.05, 0.1) is 0 Å². The Labute approximate surface area is 127 Å². The van der Waals surface area contributed by atoms with Crippen molar-refractivity contribution in [1.29, 1.82) is 0 Å². The number of hydrogen-bond donors (Lipinski definition) is 2. The van der Waals surface area contributed by atoms with E-state index in [0.717, 1.165) is 13.0 Å². The summed E-state index contributed by atoms with van der Waals surface area (Å²) < 4.78 is 0. The van der Waals surface area contributed by atoms with E-state index in [4.69, 9.17) is 5.73 Å². The van der Waals surface area contributed by atoms with E-state index in [-0.39, 0.29) is 29.6 Å². The van der Waals surface area contributed by atoms with Gasteiger partial charge in [0.15, 0.2) is 0 Å². The largest absolute Gasteiger partial charge is 0.355 e. The van der Waals surface area contributed by atoms with Crippen LogP contribution in [0.2, 0.25) is 0 Å². The lowest BCUT2D eigenvalue weighted by molar-refractivity contribution is -0.125. The van der Waals surface area contributed by atoms with E-state index < -0.39 is 0 Å². The molecule has 1 aliphatic rings. The fraction of sp³-hybridized carbons (Fsp3) is 0.562. The van der Waals surface area contributed by atoms with Gasteiger partial charge in [-0.3, -0.25) is 4.79 Å². The molecule has 1 amide bonds. The van der Waals surface area contributed by atoms with Gasteiger partial charge in [-0.15, -0.1) is 12.4 Å². The van der Waals surface area contributed by atoms with E-state index in [1.54, 1.807) is 0 Å². The second-order valence-corrected chi connectivity index (χ2v) is 5.87. The topological polar surface area (TPSA) is 55.1 Å². The van der Waals surface area contributed by atoms with E-state index in [1.807, 2.05) is 13.0 Å². The van der Waals surface area contributed by atoms with Gasteiger partial charge in [-0.1, -0.05) is 43.7 Å². The van der Waals surface area contributed by atoms with Crippen molar-refractivity contribution in [2.75, 3.05) is 13.1 Å². The predicted molar refractivity (Wildman–Crippen MR) is 84.9 cm³/mol. The van der Waals surface area contributed by atoms with E-state index in [2.05, 4.69) is 29.6 Å². The first-order chi connectivity index (χ1) is 9.15. The Morgan fingerprint density at radius 3 is 2.50 bits per heavy atom. The van der Waals surface area contributed by atoms with E-state index >= 15 is 0 Å². The molecule has 4 heteroatoms. The van der Waals surface area contributed by atoms with Crippen LogP contribution in [-0.4, -0.2) is 19.0 Å². The highest BCUT2D eigenvalue weighted by molar-refractivity contribution is 5.85. The lowest BCUT2D eigenvalue weighted by atomic mass is 9.65. The zero-order valence-electron chi connectivity index (χ0n) is 12.1. The van der Waals surface area contributed by atoms with Gasteiger partial charge in [0.1, 0.15) is 0 Å². The molecule has 0 aromatic heterocycles. The first kappa shape index (κ1) is 17.0. The quantitative estimate of drug-likeness (QED) is 0.847. The van der Waals surface area contributed by atoms with Gasteiger partial charge in [-0.2, -0.15) is 0 Å². The zero-order chi connectivity index (χ0) is 13.7. The Morgan fingerprint density at radius 2 is 2.00 bits per heavy atom. The third kappa shape index (κ3) is 4.22. The van der Waals surface area contributed by atoms with E-state index in [1.165, 1.54) is 24.8 Å². The molecule has 1 aromatic carbocycles. The van der Waals surface area contributed by atoms with Gasteiger partial charge in [0, 0.05) is 19.0 Å². The van der Waals surface area contributed by atoms with Crippen molar-refractivity contribution in [2.45, 2.75) is 32.6 Å². The van der Waals surface area contributed by atoms with Crippen LogP contribution in [0.25, 0.3) is 0 Å². The molecule has 0 radical (unpaired) electrons. The van der Waals surface area contributed by atoms with Gasteiger partial charge in [-0.25, -0.2) is 0 Å². The maximum atomic E-state index is 11.8. The molecule has 3 N–H and O–H groups in total. The third-order valence-corrected chi connectivity index (χ3v) is 4.27. The molecular weight excluding hydrogens is 272 g/mol. The molecule has 2 rings (SSSR count). The minimum atomic E-state index is -0.0890. The Hall–Kier alpha value is -1.06. The molecular formula is C16H25ClN2O. The molecule has 0 heterocycles. The summed E-state index contributed by atoms with van der Waals surface area (Å²) in [4.78, 5) is 11.8. The SMILES string of the molecule is CC(CN)C(=O)NCC1(Cc2ccccc2)CCC1.Cl. The molecule has 1 atom stereocenters. The summed E-state index contributed by atoms with van der Waals surface area (Å²) in [5, 5.41) is 3.08. The molecule has 1 fully saturated rings. The average molecular weight is 297 g/mol. The van der Waals surface area contributed by atoms with Crippen LogP contribution < -0.4 is 11.1 Å². The van der Waals surface area contributed by atoms with Crippen molar-refractivity contribution in [2.24, 2.45) is 17.1 Å². The Bertz CT molecular complexity index is 418. The van der Waals surface area contributed by atoms with Crippen molar-refractivity contribution in [3.8, 4) is 0 Å². The van der Waals surface area contributed by atoms with Crippen LogP contribution in [-0.2, 0) is 11.2 Å². The molecule has 20 heavy (non-hydrogen) atoms. The molecule has 112 valence electrons. The minimum absolute atomic E-state index is 0. The van der Waals surface area contributed by atoms with Crippen molar-refractivity contribution >= 4 is 18.3 Å². The second-order valence-electron chi connectivity index (χ2n) is 5.87. The Balaban J connectivity index is 0.00000200. The number of amides is 1. The molecule has 1 saturated carbocycles. The summed E-state index contributed by atoms with van der Waals surface area (Å²) in [7, 11) is 0. The van der Waals surface area contributed by atoms with Crippen molar-refractivity contribution in [3.05, 3.63) is 35.9 Å². The normalized spacial score (nSPS) is 17.5. The van der Waals surface area contributed by atoms with Crippen LogP contribution in [0.15, 0.2) is 30.3 Å². The van der Waals surface area contributed by atoms with Gasteiger partial charge < -0.3 is 11.1 Å². The van der Waals surface area contributed by atoms with Gasteiger partial charge in [-0.05, 0) is 30.2 Å². The summed E-state index contributed by atoms with van der Waals surface area (Å²) in [6.45, 7) is 3.07. The molecule has 0 aliphatic heterocycles. The van der Waals surface area contributed by atoms with Crippen molar-refractivity contribution in [3.63, 3.8) is 0 Å². The van der Waals surface area contributed by atoms with Gasteiger partial charge >= 0.3 is 0 Å². The van der Waals surface area contributed by atoms with Crippen LogP contribution in [0.1, 0.15) is 31.7 Å². The minimum Gasteiger partial charge on any atom is -0.355 e. The number of hydrogen-bond acceptors (Lipinski definition) is 2. The molecule has 0 bridgehead atoms. The van der Waals surface area contributed by atoms with Gasteiger partial charge in [0.25, 0.3) is 0 Å². The average Bonchev–Trinajstić information content (AvgIpc) is 2.41. The molecule has 0 saturated heterocycles. The molecule has 1 unspecified atom stereocenters. The molecule has 1 aromatic rings. The fourth-order valence-electron chi connectivity index (χ4n) is 2.68. The smallest absolute Gasteiger partial charge is 0.224 e. The summed E-state index contributed by atoms with van der Waals surface area (Å²) in [6.07, 6.45) is 4.75. The van der Waals surface area contributed by atoms with Crippen LogP contribution in [0.5, 0.6) is 0 Å². The summed E-state index contributed by atoms with van der Waals surface area (Å²) in [5.41, 5.74) is 7.15. The van der Waals surface area contributed by atoms with Crippen molar-refractivity contribution < 1.29 is 4.79 Å². The number of nitrogens with one attached hydrogen (secondary N) is 1. The van der Waals surface area contributed by atoms with Gasteiger partial charge in [0.2, 0.25) is 5.91 Å². The van der Waals surface area contributed by atoms with E-state index in [0.29, 0.717) is 6.54 Å². The number of carbonyl (C=O) groups is 1. The summed E-state index contributed by atoms with van der Waals surface area (Å²) >= 11 is 0. The second kappa shape index (κ2) is 7.65. The van der Waals surface area contributed by atoms with Crippen LogP contribution in [0, 0.1) is 11.3 Å². The maximum Gasteiger partial charge on any atom is 0.224 e. The number of nitrogens with two attached hydrogens (primary N) is 1. The first-order valence-corrected chi connectivity index (χ1v) is 7.17. The predicted octanol–water partition coefficient (Wildman–Crippen LogP) is 2.53. The van der Waals surface area contributed by atoms with Crippen molar-refractivity contribution in [1.82, 2.24) is 5.32 Å². The number of halogens is 1. The first-order valence-electron chi connectivity index (χ1n) is 7.17. The fourth-order valence-corrected chi connectivity index (χ4v) is 2.68. The summed E-state index contributed by atoms with van der Waals surface area (Å²) in [6, 6.07) is 10.5. The summed E-state index contributed by atoms with van der Waals surface area (Å²) in [5.74, 6) is -0.00399. The number of rotatable bonds is 6. The highest BCUT2D eigenvalue weighted by Crippen LogP contribution is 2.43. The highest BCUT2D eigenvalue weighted by atomic mass is 35.5. The maximum absolute atomic E-state index is 11.8. The Morgan fingerprint density at radius 1 is 1.35 bits per heavy atom. The number of benzene rings is 1. The van der Waals surface area contributed by atoms with Crippen LogP contribution in [0.4, 0.5) is 0 Å². The highest BCUT2D eigenvalue weighted by Gasteiger charge is 2.37. The monoisotopic (exact) mass is 296 g/mol. The molecule has 0 spiro atoms. The van der Waals surface area contributed by atoms with E-state index in [9.17, 15) is 4.79 Å². The molecule has 1 aliphatic carbocycles. The lowest BCUT2D eigenvalue weighted by Crippen LogP contribution is -2.45. The Kier molecular flexibility index (Phi) is 6.50. The number of carbonyl (C=O) groups excluding carboxylic acids is 1. The van der Waals surface area contributed by atoms with Crippen LogP contribution in [0.3, 0.4) is 0 Å². The van der Waals surface area contributed by atoms with Crippen LogP contribution >= 0.6 is 12.4 Å². The third-order valence-electron chi connectivity index (χ3n) is 4.27. The lowest BCUT2D eigenvalue weighted by Gasteiger charge is -2.42.